The largest absolute Gasteiger partial charge is 0.247 e. The number of aromatic nitrogens is 11. The van der Waals surface area contributed by atoms with Crippen LogP contribution in [0.1, 0.15) is 0 Å². The number of hydrogen-bond acceptors (Lipinski definition) is 13. The molecule has 13 heteroatoms. The van der Waals surface area contributed by atoms with Crippen LogP contribution in [0.15, 0.2) is 297 Å². The summed E-state index contributed by atoms with van der Waals surface area (Å²) < 4.78 is 18.7. The van der Waals surface area contributed by atoms with Crippen molar-refractivity contribution in [1.29, 1.82) is 0 Å². The van der Waals surface area contributed by atoms with Crippen molar-refractivity contribution in [3.05, 3.63) is 297 Å². The quantitative estimate of drug-likeness (QED) is 0.121. The minimum absolute atomic E-state index is 0.622. The fourth-order valence-corrected chi connectivity index (χ4v) is 13.6. The van der Waals surface area contributed by atoms with Crippen LogP contribution >= 0.6 is 23.5 Å². The Kier molecular flexibility index (Phi) is 14.3. The first kappa shape index (κ1) is 55.8. The minimum atomic E-state index is 0.622. The molecule has 6 heterocycles. The van der Waals surface area contributed by atoms with E-state index in [2.05, 4.69) is 160 Å². The van der Waals surface area contributed by atoms with Gasteiger partial charge >= 0.3 is 0 Å². The molecule has 0 saturated heterocycles. The van der Waals surface area contributed by atoms with Crippen LogP contribution in [0.2, 0.25) is 0 Å². The number of pyridine rings is 2. The number of rotatable bonds is 10. The van der Waals surface area contributed by atoms with Crippen LogP contribution < -0.4 is 0 Å². The van der Waals surface area contributed by atoms with Gasteiger partial charge in [-0.1, -0.05) is 255 Å². The van der Waals surface area contributed by atoms with Gasteiger partial charge in [-0.3, -0.25) is 0 Å². The van der Waals surface area contributed by atoms with Crippen LogP contribution in [-0.4, -0.2) is 52.4 Å². The monoisotopic (exact) mass is 1240 g/mol. The molecule has 6 aromatic heterocycles. The normalized spacial score (nSPS) is 11.4. The van der Waals surface area contributed by atoms with Gasteiger partial charge in [0.15, 0.2) is 23.3 Å². The zero-order valence-electron chi connectivity index (χ0n) is 50.0. The number of nitrogens with zero attached hydrogens (tertiary/aromatic N) is 11. The Balaban J connectivity index is 0.000000143. The van der Waals surface area contributed by atoms with Crippen molar-refractivity contribution in [3.63, 3.8) is 0 Å². The van der Waals surface area contributed by atoms with Gasteiger partial charge in [-0.2, -0.15) is 17.5 Å². The van der Waals surface area contributed by atoms with Crippen molar-refractivity contribution in [3.8, 4) is 113 Å². The Labute approximate surface area is 547 Å². The van der Waals surface area contributed by atoms with Gasteiger partial charge < -0.3 is 0 Å². The second-order valence-electron chi connectivity index (χ2n) is 22.7. The third kappa shape index (κ3) is 10.4. The molecule has 440 valence electrons. The van der Waals surface area contributed by atoms with Crippen LogP contribution in [0.3, 0.4) is 0 Å². The van der Waals surface area contributed by atoms with Crippen molar-refractivity contribution in [2.45, 2.75) is 0 Å². The lowest BCUT2D eigenvalue weighted by Gasteiger charge is -2.14. The van der Waals surface area contributed by atoms with E-state index in [1.54, 1.807) is 0 Å². The zero-order valence-corrected chi connectivity index (χ0v) is 51.7. The molecule has 0 aliphatic carbocycles. The van der Waals surface area contributed by atoms with E-state index < -0.39 is 0 Å². The summed E-state index contributed by atoms with van der Waals surface area (Å²) in [5.74, 6) is 2.60. The van der Waals surface area contributed by atoms with E-state index in [-0.39, 0.29) is 0 Å². The molecule has 12 aromatic carbocycles. The molecule has 94 heavy (non-hydrogen) atoms. The van der Waals surface area contributed by atoms with E-state index in [1.807, 2.05) is 146 Å². The van der Waals surface area contributed by atoms with Crippen LogP contribution in [0.25, 0.3) is 178 Å². The van der Waals surface area contributed by atoms with Gasteiger partial charge in [-0.05, 0) is 64.7 Å². The van der Waals surface area contributed by atoms with E-state index in [4.69, 9.17) is 43.6 Å². The lowest BCUT2D eigenvalue weighted by molar-refractivity contribution is 1.07. The van der Waals surface area contributed by atoms with E-state index in [1.165, 1.54) is 23.5 Å². The maximum atomic E-state index is 5.23. The first-order chi connectivity index (χ1) is 46.6. The SMILES string of the molecule is c1ccc(-c2cc(-c3ccc(-c4cccc5nc(-c6ccccc6)c6ccc7nsnc7c6c45)cc3)nc(-c3ccccc3)n2)cc1.c1ccc(-c2nc(-c3ccccc3)nc(-c3ccc(-c4cccc5nc(-c6ccccc6)c6ccc7nsnc7c6c45)cc3)n2)cc1. The molecule has 0 bridgehead atoms. The number of fused-ring (bicyclic) bond motifs is 10. The van der Waals surface area contributed by atoms with Crippen LogP contribution in [0.4, 0.5) is 0 Å². The van der Waals surface area contributed by atoms with Crippen LogP contribution in [0, 0.1) is 0 Å². The van der Waals surface area contributed by atoms with Gasteiger partial charge in [0.25, 0.3) is 0 Å². The van der Waals surface area contributed by atoms with Crippen molar-refractivity contribution in [2.75, 3.05) is 0 Å². The second-order valence-corrected chi connectivity index (χ2v) is 23.7. The lowest BCUT2D eigenvalue weighted by Crippen LogP contribution is -2.00. The maximum Gasteiger partial charge on any atom is 0.164 e. The Morgan fingerprint density at radius 3 is 0.915 bits per heavy atom. The third-order valence-electron chi connectivity index (χ3n) is 17.0. The van der Waals surface area contributed by atoms with Gasteiger partial charge in [0, 0.05) is 76.8 Å². The summed E-state index contributed by atoms with van der Waals surface area (Å²) >= 11 is 2.48. The lowest BCUT2D eigenvalue weighted by atomic mass is 9.93. The maximum absolute atomic E-state index is 5.23. The average molecular weight is 1240 g/mol. The van der Waals surface area contributed by atoms with Crippen LogP contribution in [0.5, 0.6) is 0 Å². The summed E-state index contributed by atoms with van der Waals surface area (Å²) in [4.78, 5) is 35.1. The Morgan fingerprint density at radius 2 is 0.521 bits per heavy atom. The van der Waals surface area contributed by atoms with E-state index in [9.17, 15) is 0 Å². The third-order valence-corrected chi connectivity index (χ3v) is 18.1. The molecule has 0 amide bonds. The van der Waals surface area contributed by atoms with Crippen molar-refractivity contribution >= 4 is 88.9 Å². The molecular formula is C81H49N11S2. The minimum Gasteiger partial charge on any atom is -0.247 e. The molecule has 0 unspecified atom stereocenters. The Morgan fingerprint density at radius 1 is 0.202 bits per heavy atom. The Hall–Kier alpha value is -12.3. The molecule has 0 N–H and O–H groups in total. The van der Waals surface area contributed by atoms with Crippen LogP contribution in [-0.2, 0) is 0 Å². The molecule has 0 radical (unpaired) electrons. The average Bonchev–Trinajstić information content (AvgIpc) is 1.19. The molecule has 0 spiro atoms. The summed E-state index contributed by atoms with van der Waals surface area (Å²) in [5.41, 5.74) is 21.4. The fraction of sp³-hybridized carbons (Fsp3) is 0. The second kappa shape index (κ2) is 24.2. The summed E-state index contributed by atoms with van der Waals surface area (Å²) in [7, 11) is 0. The first-order valence-electron chi connectivity index (χ1n) is 30.7. The highest BCUT2D eigenvalue weighted by Gasteiger charge is 2.22. The molecule has 0 aliphatic rings. The van der Waals surface area contributed by atoms with Gasteiger partial charge in [0.2, 0.25) is 0 Å². The number of benzene rings is 12. The molecular weight excluding hydrogens is 1190 g/mol. The van der Waals surface area contributed by atoms with Gasteiger partial charge in [0.05, 0.1) is 57.3 Å². The van der Waals surface area contributed by atoms with E-state index >= 15 is 0 Å². The summed E-state index contributed by atoms with van der Waals surface area (Å²) in [6, 6.07) is 101. The molecule has 0 atom stereocenters. The molecule has 0 saturated carbocycles. The molecule has 18 aromatic rings. The summed E-state index contributed by atoms with van der Waals surface area (Å²) in [5, 5.41) is 6.41. The molecule has 18 rings (SSSR count). The van der Waals surface area contributed by atoms with E-state index in [0.29, 0.717) is 23.3 Å². The topological polar surface area (TPSA) is 142 Å². The van der Waals surface area contributed by atoms with Gasteiger partial charge in [-0.15, -0.1) is 0 Å². The Bertz CT molecular complexity index is 5350. The van der Waals surface area contributed by atoms with Gasteiger partial charge in [0.1, 0.15) is 22.1 Å². The highest BCUT2D eigenvalue weighted by atomic mass is 32.1. The summed E-state index contributed by atoms with van der Waals surface area (Å²) in [6.07, 6.45) is 0. The highest BCUT2D eigenvalue weighted by Crippen LogP contribution is 2.44. The number of hydrogen-bond donors (Lipinski definition) is 0. The predicted molar refractivity (Wildman–Crippen MR) is 384 cm³/mol. The van der Waals surface area contributed by atoms with Gasteiger partial charge in [-0.25, -0.2) is 34.9 Å². The zero-order chi connectivity index (χ0) is 62.3. The van der Waals surface area contributed by atoms with Crippen molar-refractivity contribution in [1.82, 2.24) is 52.4 Å². The van der Waals surface area contributed by atoms with Crippen molar-refractivity contribution in [2.24, 2.45) is 0 Å². The molecule has 11 nitrogen and oxygen atoms in total. The fourth-order valence-electron chi connectivity index (χ4n) is 12.5. The van der Waals surface area contributed by atoms with Crippen molar-refractivity contribution < 1.29 is 0 Å². The first-order valence-corrected chi connectivity index (χ1v) is 32.2. The van der Waals surface area contributed by atoms with E-state index in [0.717, 1.165) is 155 Å². The standard InChI is InChI=1S/C41H25N5S.C40H24N6S/c1-4-11-27(12-5-1)35-25-36(44-41(43-35)30-15-8-3-9-16-30)28-21-19-26(20-22-28)31-17-10-18-33-37(31)38-32(23-24-34-40(38)46-47-45-34)39(42-33)29-13-6-2-7-14-29;1-4-11-26(12-5-1)36-31-23-24-33-37(46-47-45-33)35(31)34-30(17-10-18-32(34)41-36)25-19-21-29(22-20-25)40-43-38(27-13-6-2-7-14-27)42-39(44-40)28-15-8-3-9-16-28/h1-25H;1-24H. The predicted octanol–water partition coefficient (Wildman–Crippen LogP) is 20.4. The smallest absolute Gasteiger partial charge is 0.164 e. The highest BCUT2D eigenvalue weighted by molar-refractivity contribution is 7.00. The summed E-state index contributed by atoms with van der Waals surface area (Å²) in [6.45, 7) is 0. The molecule has 0 aliphatic heterocycles. The molecule has 0 fully saturated rings.